The quantitative estimate of drug-likeness (QED) is 0.488. The predicted octanol–water partition coefficient (Wildman–Crippen LogP) is 3.21. The maximum atomic E-state index is 10.9. The summed E-state index contributed by atoms with van der Waals surface area (Å²) in [5.41, 5.74) is -0.248. The van der Waals surface area contributed by atoms with Crippen LogP contribution in [0.3, 0.4) is 0 Å². The summed E-state index contributed by atoms with van der Waals surface area (Å²) in [5.74, 6) is 0.215. The molecule has 8 heteroatoms. The van der Waals surface area contributed by atoms with Crippen LogP contribution in [0.25, 0.3) is 0 Å². The van der Waals surface area contributed by atoms with E-state index in [2.05, 4.69) is 10.1 Å². The monoisotopic (exact) mass is 282 g/mol. The summed E-state index contributed by atoms with van der Waals surface area (Å²) in [6, 6.07) is 2.75. The summed E-state index contributed by atoms with van der Waals surface area (Å²) in [6.45, 7) is 3.91. The van der Waals surface area contributed by atoms with Gasteiger partial charge in [0.25, 0.3) is 0 Å². The number of rotatable bonds is 4. The fraction of sp³-hybridized carbons (Fsp3) is 0.273. The van der Waals surface area contributed by atoms with E-state index in [0.717, 1.165) is 0 Å². The van der Waals surface area contributed by atoms with E-state index in [9.17, 15) is 10.1 Å². The molecule has 2 aromatic heterocycles. The van der Waals surface area contributed by atoms with Crippen molar-refractivity contribution in [2.45, 2.75) is 19.9 Å². The van der Waals surface area contributed by atoms with Crippen molar-refractivity contribution in [3.8, 4) is 11.6 Å². The van der Waals surface area contributed by atoms with Crippen LogP contribution in [-0.2, 0) is 0 Å². The first-order chi connectivity index (χ1) is 8.97. The molecule has 0 spiro atoms. The smallest absolute Gasteiger partial charge is 0.331 e. The van der Waals surface area contributed by atoms with Crippen LogP contribution in [0.5, 0.6) is 11.6 Å². The Balaban J connectivity index is 2.31. The Bertz CT molecular complexity index is 612. The third-order valence-corrected chi connectivity index (χ3v) is 2.53. The summed E-state index contributed by atoms with van der Waals surface area (Å²) in [6.07, 6.45) is 3.10. The van der Waals surface area contributed by atoms with Crippen LogP contribution >= 0.6 is 11.6 Å². The second kappa shape index (κ2) is 5.23. The molecule has 0 atom stereocenters. The third-order valence-electron chi connectivity index (χ3n) is 2.32. The zero-order valence-corrected chi connectivity index (χ0v) is 11.0. The number of nitrogens with zero attached hydrogens (tertiary/aromatic N) is 4. The van der Waals surface area contributed by atoms with Crippen LogP contribution in [0.2, 0.25) is 5.15 Å². The van der Waals surface area contributed by atoms with Gasteiger partial charge in [-0.1, -0.05) is 11.6 Å². The Morgan fingerprint density at radius 1 is 1.47 bits per heavy atom. The number of halogens is 1. The first-order valence-electron chi connectivity index (χ1n) is 5.50. The summed E-state index contributed by atoms with van der Waals surface area (Å²) in [4.78, 5) is 14.1. The zero-order valence-electron chi connectivity index (χ0n) is 10.3. The van der Waals surface area contributed by atoms with Crippen molar-refractivity contribution in [2.75, 3.05) is 0 Å². The van der Waals surface area contributed by atoms with E-state index in [1.807, 2.05) is 13.8 Å². The topological polar surface area (TPSA) is 83.1 Å². The normalized spacial score (nSPS) is 10.7. The van der Waals surface area contributed by atoms with Gasteiger partial charge in [0.1, 0.15) is 5.15 Å². The molecule has 2 rings (SSSR count). The van der Waals surface area contributed by atoms with Gasteiger partial charge < -0.3 is 4.74 Å². The number of aromatic nitrogens is 3. The third kappa shape index (κ3) is 3.00. The fourth-order valence-electron chi connectivity index (χ4n) is 1.39. The Morgan fingerprint density at radius 3 is 2.79 bits per heavy atom. The van der Waals surface area contributed by atoms with Crippen molar-refractivity contribution in [1.29, 1.82) is 0 Å². The molecule has 100 valence electrons. The van der Waals surface area contributed by atoms with Crippen LogP contribution in [0.4, 0.5) is 5.69 Å². The van der Waals surface area contributed by atoms with E-state index < -0.39 is 4.92 Å². The molecule has 0 unspecified atom stereocenters. The maximum Gasteiger partial charge on any atom is 0.331 e. The van der Waals surface area contributed by atoms with Crippen LogP contribution in [-0.4, -0.2) is 19.7 Å². The molecule has 7 nitrogen and oxygen atoms in total. The predicted molar refractivity (Wildman–Crippen MR) is 68.6 cm³/mol. The molecular formula is C11H11ClN4O3. The van der Waals surface area contributed by atoms with Gasteiger partial charge >= 0.3 is 11.6 Å². The van der Waals surface area contributed by atoms with Crippen molar-refractivity contribution in [3.05, 3.63) is 39.8 Å². The van der Waals surface area contributed by atoms with Crippen molar-refractivity contribution >= 4 is 17.3 Å². The van der Waals surface area contributed by atoms with Crippen molar-refractivity contribution in [3.63, 3.8) is 0 Å². The molecular weight excluding hydrogens is 272 g/mol. The van der Waals surface area contributed by atoms with E-state index >= 15 is 0 Å². The number of nitro groups is 1. The van der Waals surface area contributed by atoms with Gasteiger partial charge in [-0.15, -0.1) is 0 Å². The lowest BCUT2D eigenvalue weighted by molar-refractivity contribution is -0.386. The Kier molecular flexibility index (Phi) is 3.66. The highest BCUT2D eigenvalue weighted by Crippen LogP contribution is 2.30. The minimum absolute atomic E-state index is 0.122. The van der Waals surface area contributed by atoms with Gasteiger partial charge in [-0.25, -0.2) is 0 Å². The first-order valence-corrected chi connectivity index (χ1v) is 5.88. The maximum absolute atomic E-state index is 10.9. The van der Waals surface area contributed by atoms with Gasteiger partial charge in [0.2, 0.25) is 0 Å². The fourth-order valence-corrected chi connectivity index (χ4v) is 1.53. The van der Waals surface area contributed by atoms with E-state index in [-0.39, 0.29) is 22.8 Å². The van der Waals surface area contributed by atoms with Crippen molar-refractivity contribution in [1.82, 2.24) is 14.8 Å². The minimum Gasteiger partial charge on any atom is -0.430 e. The standard InChI is InChI=1S/C11H11ClN4O3/c1-7(2)15-6-8(5-13-15)19-11-9(16(17)18)3-4-10(12)14-11/h3-7H,1-2H3. The Labute approximate surface area is 113 Å². The van der Waals surface area contributed by atoms with E-state index in [1.165, 1.54) is 18.3 Å². The van der Waals surface area contributed by atoms with E-state index in [1.54, 1.807) is 10.9 Å². The van der Waals surface area contributed by atoms with Gasteiger partial charge in [-0.05, 0) is 19.9 Å². The second-order valence-electron chi connectivity index (χ2n) is 4.07. The molecule has 0 saturated carbocycles. The summed E-state index contributed by atoms with van der Waals surface area (Å²) < 4.78 is 7.03. The van der Waals surface area contributed by atoms with Gasteiger partial charge in [-0.2, -0.15) is 10.1 Å². The van der Waals surface area contributed by atoms with Crippen LogP contribution in [0, 0.1) is 10.1 Å². The molecule has 0 saturated heterocycles. The molecule has 19 heavy (non-hydrogen) atoms. The zero-order chi connectivity index (χ0) is 14.0. The highest BCUT2D eigenvalue weighted by molar-refractivity contribution is 6.29. The van der Waals surface area contributed by atoms with Crippen LogP contribution < -0.4 is 4.74 Å². The first kappa shape index (κ1) is 13.3. The summed E-state index contributed by atoms with van der Waals surface area (Å²) in [5, 5.41) is 15.1. The number of hydrogen-bond donors (Lipinski definition) is 0. The minimum atomic E-state index is -0.578. The van der Waals surface area contributed by atoms with Crippen molar-refractivity contribution < 1.29 is 9.66 Å². The van der Waals surface area contributed by atoms with E-state index in [0.29, 0.717) is 5.75 Å². The molecule has 0 aromatic carbocycles. The average molecular weight is 283 g/mol. The Hall–Kier alpha value is -2.15. The number of pyridine rings is 1. The molecule has 0 N–H and O–H groups in total. The Morgan fingerprint density at radius 2 is 2.21 bits per heavy atom. The van der Waals surface area contributed by atoms with Crippen LogP contribution in [0.1, 0.15) is 19.9 Å². The molecule has 0 aliphatic heterocycles. The lowest BCUT2D eigenvalue weighted by Gasteiger charge is -2.04. The molecule has 0 fully saturated rings. The average Bonchev–Trinajstić information content (AvgIpc) is 2.77. The molecule has 0 radical (unpaired) electrons. The molecule has 0 bridgehead atoms. The second-order valence-corrected chi connectivity index (χ2v) is 4.45. The van der Waals surface area contributed by atoms with Crippen molar-refractivity contribution in [2.24, 2.45) is 0 Å². The molecule has 2 heterocycles. The largest absolute Gasteiger partial charge is 0.430 e. The molecule has 0 aliphatic rings. The van der Waals surface area contributed by atoms with Gasteiger partial charge in [0.15, 0.2) is 5.75 Å². The SMILES string of the molecule is CC(C)n1cc(Oc2nc(Cl)ccc2[N+](=O)[O-])cn1. The van der Waals surface area contributed by atoms with Gasteiger partial charge in [0.05, 0.1) is 17.3 Å². The summed E-state index contributed by atoms with van der Waals surface area (Å²) >= 11 is 5.71. The molecule has 0 amide bonds. The lowest BCUT2D eigenvalue weighted by Crippen LogP contribution is -2.00. The van der Waals surface area contributed by atoms with E-state index in [4.69, 9.17) is 16.3 Å². The van der Waals surface area contributed by atoms with Gasteiger partial charge in [-0.3, -0.25) is 14.8 Å². The highest BCUT2D eigenvalue weighted by atomic mass is 35.5. The summed E-state index contributed by atoms with van der Waals surface area (Å²) in [7, 11) is 0. The number of hydrogen-bond acceptors (Lipinski definition) is 5. The molecule has 2 aromatic rings. The molecule has 0 aliphatic carbocycles. The number of ether oxygens (including phenoxy) is 1. The van der Waals surface area contributed by atoms with Gasteiger partial charge in [0, 0.05) is 12.1 Å². The lowest BCUT2D eigenvalue weighted by atomic mass is 10.4. The highest BCUT2D eigenvalue weighted by Gasteiger charge is 2.18. The van der Waals surface area contributed by atoms with Crippen LogP contribution in [0.15, 0.2) is 24.5 Å².